The zero-order valence-electron chi connectivity index (χ0n) is 20.4. The average Bonchev–Trinajstić information content (AvgIpc) is 3.06. The number of hydrogen-bond donors (Lipinski definition) is 3. The third kappa shape index (κ3) is 5.00. The van der Waals surface area contributed by atoms with E-state index in [1.54, 1.807) is 52.3 Å². The summed E-state index contributed by atoms with van der Waals surface area (Å²) in [6, 6.07) is 5.73. The molecule has 0 radical (unpaired) electrons. The van der Waals surface area contributed by atoms with Crippen LogP contribution in [0.25, 0.3) is 0 Å². The molecule has 0 aliphatic rings. The molecule has 1 unspecified atom stereocenters. The number of aromatic nitrogens is 2. The molecule has 3 aromatic rings. The van der Waals surface area contributed by atoms with E-state index in [1.165, 1.54) is 18.2 Å². The van der Waals surface area contributed by atoms with Crippen molar-refractivity contribution >= 4 is 29.0 Å². The standard InChI is InChI=1S/C25H28ClF2N5O2/c1-11(2)35-22-15(13(4)24-31-14(5)21(23(29)30)33(24)6)10-16(26)19(28)18(22)25(34)32-20-12(3)8-7-9-17(20)27/h7-11,13H,1-6H3,(H3,29,30)(H,32,34). The zero-order valence-corrected chi connectivity index (χ0v) is 21.1. The molecule has 186 valence electrons. The Balaban J connectivity index is 2.21. The Bertz CT molecular complexity index is 1300. The third-order valence-corrected chi connectivity index (χ3v) is 5.93. The Hall–Kier alpha value is -3.46. The largest absolute Gasteiger partial charge is 0.490 e. The van der Waals surface area contributed by atoms with Gasteiger partial charge in [0.2, 0.25) is 0 Å². The predicted molar refractivity (Wildman–Crippen MR) is 133 cm³/mol. The molecule has 0 fully saturated rings. The summed E-state index contributed by atoms with van der Waals surface area (Å²) in [5.41, 5.74) is 7.09. The number of nitrogens with one attached hydrogen (secondary N) is 2. The third-order valence-electron chi connectivity index (χ3n) is 5.65. The smallest absolute Gasteiger partial charge is 0.262 e. The minimum atomic E-state index is -0.981. The van der Waals surface area contributed by atoms with Gasteiger partial charge in [0.05, 0.1) is 22.5 Å². The average molecular weight is 504 g/mol. The van der Waals surface area contributed by atoms with E-state index < -0.39 is 35.1 Å². The highest BCUT2D eigenvalue weighted by Gasteiger charge is 2.30. The summed E-state index contributed by atoms with van der Waals surface area (Å²) < 4.78 is 37.3. The molecule has 0 aliphatic heterocycles. The molecule has 0 saturated carbocycles. The van der Waals surface area contributed by atoms with Gasteiger partial charge in [0.25, 0.3) is 5.91 Å². The summed E-state index contributed by atoms with van der Waals surface area (Å²) in [5.74, 6) is -2.72. The highest BCUT2D eigenvalue weighted by atomic mass is 35.5. The Labute approximate surface area is 207 Å². The number of nitrogens with two attached hydrogens (primary N) is 1. The van der Waals surface area contributed by atoms with Gasteiger partial charge in [0.15, 0.2) is 5.82 Å². The number of nitrogen functional groups attached to an aromatic ring is 1. The zero-order chi connectivity index (χ0) is 26.2. The van der Waals surface area contributed by atoms with E-state index in [2.05, 4.69) is 10.3 Å². The lowest BCUT2D eigenvalue weighted by atomic mass is 9.95. The molecule has 0 aliphatic carbocycles. The molecule has 4 N–H and O–H groups in total. The van der Waals surface area contributed by atoms with Crippen LogP contribution in [-0.2, 0) is 7.05 Å². The van der Waals surface area contributed by atoms with Crippen LogP contribution in [0.1, 0.15) is 65.4 Å². The van der Waals surface area contributed by atoms with Crippen molar-refractivity contribution in [2.45, 2.75) is 46.6 Å². The minimum absolute atomic E-state index is 0.0223. The number of ether oxygens (including phenoxy) is 1. The van der Waals surface area contributed by atoms with Gasteiger partial charge in [-0.1, -0.05) is 30.7 Å². The minimum Gasteiger partial charge on any atom is -0.490 e. The Kier molecular flexibility index (Phi) is 7.50. The van der Waals surface area contributed by atoms with E-state index in [1.807, 2.05) is 0 Å². The first-order valence-electron chi connectivity index (χ1n) is 11.0. The van der Waals surface area contributed by atoms with Crippen LogP contribution in [0.5, 0.6) is 5.75 Å². The molecule has 1 amide bonds. The van der Waals surface area contributed by atoms with Gasteiger partial charge in [-0.3, -0.25) is 10.2 Å². The van der Waals surface area contributed by atoms with E-state index >= 15 is 4.39 Å². The van der Waals surface area contributed by atoms with Gasteiger partial charge in [-0.2, -0.15) is 0 Å². The van der Waals surface area contributed by atoms with Crippen molar-refractivity contribution in [2.75, 3.05) is 5.32 Å². The van der Waals surface area contributed by atoms with Gasteiger partial charge in [-0.05, 0) is 45.4 Å². The molecule has 1 heterocycles. The van der Waals surface area contributed by atoms with Crippen LogP contribution in [0.2, 0.25) is 5.02 Å². The van der Waals surface area contributed by atoms with Crippen LogP contribution in [-0.4, -0.2) is 27.4 Å². The van der Waals surface area contributed by atoms with E-state index in [0.29, 0.717) is 28.3 Å². The summed E-state index contributed by atoms with van der Waals surface area (Å²) in [5, 5.41) is 10.0. The Morgan fingerprint density at radius 1 is 1.26 bits per heavy atom. The number of hydrogen-bond acceptors (Lipinski definition) is 4. The molecule has 35 heavy (non-hydrogen) atoms. The number of nitrogens with zero attached hydrogens (tertiary/aromatic N) is 2. The number of rotatable bonds is 7. The second-order valence-electron chi connectivity index (χ2n) is 8.62. The van der Waals surface area contributed by atoms with Gasteiger partial charge in [0.1, 0.15) is 34.5 Å². The number of imidazole rings is 1. The van der Waals surface area contributed by atoms with E-state index in [4.69, 9.17) is 27.5 Å². The van der Waals surface area contributed by atoms with Crippen molar-refractivity contribution in [2.24, 2.45) is 12.8 Å². The van der Waals surface area contributed by atoms with Crippen molar-refractivity contribution < 1.29 is 18.3 Å². The van der Waals surface area contributed by atoms with Gasteiger partial charge < -0.3 is 20.4 Å². The highest BCUT2D eigenvalue weighted by molar-refractivity contribution is 6.31. The number of halogens is 3. The summed E-state index contributed by atoms with van der Waals surface area (Å²) >= 11 is 6.23. The first-order chi connectivity index (χ1) is 16.3. The van der Waals surface area contributed by atoms with E-state index in [0.717, 1.165) is 0 Å². The van der Waals surface area contributed by atoms with Gasteiger partial charge in [0, 0.05) is 18.5 Å². The number of amides is 1. The molecule has 0 saturated heterocycles. The summed E-state index contributed by atoms with van der Waals surface area (Å²) in [6.07, 6.45) is -0.417. The van der Waals surface area contributed by atoms with Gasteiger partial charge in [-0.15, -0.1) is 0 Å². The summed E-state index contributed by atoms with van der Waals surface area (Å²) in [6.45, 7) is 8.63. The molecule has 10 heteroatoms. The van der Waals surface area contributed by atoms with Crippen LogP contribution < -0.4 is 15.8 Å². The fraction of sp³-hybridized carbons (Fsp3) is 0.320. The SMILES string of the molecule is Cc1cccc(F)c1NC(=O)c1c(F)c(Cl)cc(C(C)c2nc(C)c(C(=N)N)n2C)c1OC(C)C. The molecule has 1 aromatic heterocycles. The lowest BCUT2D eigenvalue weighted by molar-refractivity contribution is 0.101. The number of anilines is 1. The van der Waals surface area contributed by atoms with E-state index in [9.17, 15) is 9.18 Å². The molecule has 7 nitrogen and oxygen atoms in total. The number of aryl methyl sites for hydroxylation is 2. The number of amidine groups is 1. The maximum Gasteiger partial charge on any atom is 0.262 e. The molecule has 0 bridgehead atoms. The maximum absolute atomic E-state index is 15.3. The fourth-order valence-corrected chi connectivity index (χ4v) is 4.25. The van der Waals surface area contributed by atoms with Crippen LogP contribution in [0.4, 0.5) is 14.5 Å². The second kappa shape index (κ2) is 10.0. The maximum atomic E-state index is 15.3. The first kappa shape index (κ1) is 26.2. The summed E-state index contributed by atoms with van der Waals surface area (Å²) in [7, 11) is 1.71. The van der Waals surface area contributed by atoms with Crippen molar-refractivity contribution in [1.29, 1.82) is 5.41 Å². The van der Waals surface area contributed by atoms with Crippen molar-refractivity contribution in [1.82, 2.24) is 9.55 Å². The Morgan fingerprint density at radius 2 is 1.91 bits per heavy atom. The molecule has 0 spiro atoms. The van der Waals surface area contributed by atoms with Crippen LogP contribution in [0, 0.1) is 30.9 Å². The number of benzene rings is 2. The second-order valence-corrected chi connectivity index (χ2v) is 9.02. The molecule has 2 aromatic carbocycles. The lowest BCUT2D eigenvalue weighted by Crippen LogP contribution is -2.21. The van der Waals surface area contributed by atoms with Crippen LogP contribution in [0.3, 0.4) is 0 Å². The number of para-hydroxylation sites is 1. The molecular formula is C25H28ClF2N5O2. The molecular weight excluding hydrogens is 476 g/mol. The molecule has 1 atom stereocenters. The normalized spacial score (nSPS) is 12.1. The van der Waals surface area contributed by atoms with Gasteiger partial charge >= 0.3 is 0 Å². The van der Waals surface area contributed by atoms with Crippen molar-refractivity contribution in [3.63, 3.8) is 0 Å². The fourth-order valence-electron chi connectivity index (χ4n) is 4.04. The number of carbonyl (C=O) groups excluding carboxylic acids is 1. The number of carbonyl (C=O) groups is 1. The lowest BCUT2D eigenvalue weighted by Gasteiger charge is -2.23. The topological polar surface area (TPSA) is 106 Å². The molecule has 3 rings (SSSR count). The summed E-state index contributed by atoms with van der Waals surface area (Å²) in [4.78, 5) is 17.8. The highest BCUT2D eigenvalue weighted by Crippen LogP contribution is 2.40. The van der Waals surface area contributed by atoms with Gasteiger partial charge in [-0.25, -0.2) is 13.8 Å². The van der Waals surface area contributed by atoms with Crippen molar-refractivity contribution in [3.8, 4) is 5.75 Å². The monoisotopic (exact) mass is 503 g/mol. The quantitative estimate of drug-likeness (QED) is 0.294. The van der Waals surface area contributed by atoms with Crippen LogP contribution in [0.15, 0.2) is 24.3 Å². The predicted octanol–water partition coefficient (Wildman–Crippen LogP) is 5.44. The first-order valence-corrected chi connectivity index (χ1v) is 11.3. The van der Waals surface area contributed by atoms with E-state index in [-0.39, 0.29) is 22.3 Å². The van der Waals surface area contributed by atoms with Crippen LogP contribution >= 0.6 is 11.6 Å². The Morgan fingerprint density at radius 3 is 2.46 bits per heavy atom. The van der Waals surface area contributed by atoms with Crippen molar-refractivity contribution in [3.05, 3.63) is 74.8 Å².